The molecule has 0 saturated heterocycles. The van der Waals surface area contributed by atoms with Gasteiger partial charge in [-0.05, 0) is 35.4 Å². The molecule has 2 aromatic rings. The Labute approximate surface area is 112 Å². The van der Waals surface area contributed by atoms with Crippen LogP contribution in [0.2, 0.25) is 0 Å². The minimum atomic E-state index is -5.16. The largest absolute Gasteiger partial charge is 0.612 e. The van der Waals surface area contributed by atoms with Gasteiger partial charge in [0.25, 0.3) is 0 Å². The summed E-state index contributed by atoms with van der Waals surface area (Å²) < 4.78 is 52.1. The molecule has 108 valence electrons. The molecule has 0 N–H and O–H groups in total. The van der Waals surface area contributed by atoms with Crippen molar-refractivity contribution < 1.29 is 22.2 Å². The van der Waals surface area contributed by atoms with Gasteiger partial charge in [-0.2, -0.15) is 0 Å². The van der Waals surface area contributed by atoms with Crippen molar-refractivity contribution in [3.63, 3.8) is 0 Å². The van der Waals surface area contributed by atoms with Gasteiger partial charge in [-0.1, -0.05) is 0 Å². The zero-order valence-corrected chi connectivity index (χ0v) is 10.7. The third kappa shape index (κ3) is 2.51. The summed E-state index contributed by atoms with van der Waals surface area (Å²) in [5.74, 6) is -1.83. The van der Waals surface area contributed by atoms with Gasteiger partial charge in [-0.25, -0.2) is 9.59 Å². The third-order valence-electron chi connectivity index (χ3n) is 2.37. The second-order valence-corrected chi connectivity index (χ2v) is 5.07. The number of rotatable bonds is 2. The van der Waals surface area contributed by atoms with Gasteiger partial charge in [-0.3, -0.25) is 0 Å². The maximum Gasteiger partial charge on any atom is 0.498 e. The molecule has 0 spiro atoms. The van der Waals surface area contributed by atoms with Crippen molar-refractivity contribution in [2.75, 3.05) is 6.26 Å². The van der Waals surface area contributed by atoms with Crippen LogP contribution < -0.4 is 11.4 Å². The molecule has 1 unspecified atom stereocenters. The van der Waals surface area contributed by atoms with Gasteiger partial charge in [0.15, 0.2) is 4.90 Å². The summed E-state index contributed by atoms with van der Waals surface area (Å²) in [5, 5.41) is 0. The Morgan fingerprint density at radius 1 is 1.20 bits per heavy atom. The predicted octanol–water partition coefficient (Wildman–Crippen LogP) is 0.806. The Balaban J connectivity index is 2.55. The van der Waals surface area contributed by atoms with Crippen LogP contribution in [0.4, 0.5) is 13.2 Å². The van der Waals surface area contributed by atoms with E-state index < -0.39 is 33.5 Å². The average Bonchev–Trinajstić information content (AvgIpc) is 2.64. The molecule has 0 amide bonds. The van der Waals surface area contributed by atoms with Crippen molar-refractivity contribution >= 4 is 11.2 Å². The summed E-state index contributed by atoms with van der Waals surface area (Å²) >= 11 is -1.28. The maximum atomic E-state index is 12.5. The SMILES string of the molecule is C[S+]([O-])c1ccc(-n2oc(=O)n(C(F)(F)F)c2=O)cc1. The van der Waals surface area contributed by atoms with Crippen LogP contribution >= 0.6 is 0 Å². The summed E-state index contributed by atoms with van der Waals surface area (Å²) in [6.07, 6.45) is -3.74. The van der Waals surface area contributed by atoms with Gasteiger partial charge < -0.3 is 9.08 Å². The van der Waals surface area contributed by atoms with Gasteiger partial charge in [0.1, 0.15) is 6.26 Å². The summed E-state index contributed by atoms with van der Waals surface area (Å²) in [4.78, 5) is 23.0. The number of halogens is 3. The minimum Gasteiger partial charge on any atom is -0.612 e. The predicted molar refractivity (Wildman–Crippen MR) is 62.2 cm³/mol. The minimum absolute atomic E-state index is 0.0794. The lowest BCUT2D eigenvalue weighted by molar-refractivity contribution is -0.209. The van der Waals surface area contributed by atoms with Crippen molar-refractivity contribution in [1.82, 2.24) is 9.31 Å². The molecule has 10 heteroatoms. The fraction of sp³-hybridized carbons (Fsp3) is 0.200. The summed E-state index contributed by atoms with van der Waals surface area (Å²) in [6, 6.07) is 5.15. The molecule has 20 heavy (non-hydrogen) atoms. The Morgan fingerprint density at radius 2 is 1.75 bits per heavy atom. The van der Waals surface area contributed by atoms with Gasteiger partial charge in [0.2, 0.25) is 0 Å². The number of nitrogens with zero attached hydrogens (tertiary/aromatic N) is 2. The molecule has 1 aromatic carbocycles. The highest BCUT2D eigenvalue weighted by atomic mass is 32.2. The third-order valence-corrected chi connectivity index (χ3v) is 3.31. The first-order chi connectivity index (χ1) is 9.21. The van der Waals surface area contributed by atoms with Crippen LogP contribution in [0.3, 0.4) is 0 Å². The van der Waals surface area contributed by atoms with E-state index in [-0.39, 0.29) is 10.4 Å². The molecule has 0 bridgehead atoms. The van der Waals surface area contributed by atoms with Crippen LogP contribution in [0.25, 0.3) is 5.69 Å². The molecule has 0 aliphatic heterocycles. The Morgan fingerprint density at radius 3 is 2.15 bits per heavy atom. The van der Waals surface area contributed by atoms with E-state index >= 15 is 0 Å². The number of aromatic nitrogens is 2. The molecule has 1 aromatic heterocycles. The van der Waals surface area contributed by atoms with E-state index in [1.54, 1.807) is 0 Å². The first kappa shape index (κ1) is 14.5. The smallest absolute Gasteiger partial charge is 0.498 e. The van der Waals surface area contributed by atoms with E-state index in [2.05, 4.69) is 4.52 Å². The highest BCUT2D eigenvalue weighted by Crippen LogP contribution is 2.18. The zero-order valence-electron chi connectivity index (χ0n) is 9.88. The maximum absolute atomic E-state index is 12.5. The van der Waals surface area contributed by atoms with Gasteiger partial charge >= 0.3 is 17.7 Å². The van der Waals surface area contributed by atoms with Crippen molar-refractivity contribution in [1.29, 1.82) is 0 Å². The molecule has 0 saturated carbocycles. The van der Waals surface area contributed by atoms with Crippen molar-refractivity contribution in [3.8, 4) is 5.69 Å². The van der Waals surface area contributed by atoms with E-state index in [1.807, 2.05) is 0 Å². The van der Waals surface area contributed by atoms with Crippen molar-refractivity contribution in [2.45, 2.75) is 11.2 Å². The Hall–Kier alpha value is -1.94. The standard InChI is InChI=1S/C10H7F3N2O4S/c1-20(18)7-4-2-6(3-5-7)15-8(16)14(9(17)19-15)10(11,12)13/h2-5H,1H3. The number of benzene rings is 1. The first-order valence-corrected chi connectivity index (χ1v) is 6.64. The van der Waals surface area contributed by atoms with E-state index in [1.165, 1.54) is 30.5 Å². The van der Waals surface area contributed by atoms with Crippen LogP contribution in [0, 0.1) is 0 Å². The second-order valence-electron chi connectivity index (χ2n) is 3.69. The van der Waals surface area contributed by atoms with Gasteiger partial charge in [0.05, 0.1) is 5.69 Å². The first-order valence-electron chi connectivity index (χ1n) is 5.08. The monoisotopic (exact) mass is 308 g/mol. The van der Waals surface area contributed by atoms with E-state index in [0.29, 0.717) is 4.90 Å². The van der Waals surface area contributed by atoms with Crippen LogP contribution in [0.1, 0.15) is 0 Å². The zero-order chi connectivity index (χ0) is 15.1. The highest BCUT2D eigenvalue weighted by Gasteiger charge is 2.38. The molecule has 0 aliphatic rings. The van der Waals surface area contributed by atoms with E-state index in [0.717, 1.165) is 0 Å². The lowest BCUT2D eigenvalue weighted by Gasteiger charge is -2.04. The van der Waals surface area contributed by atoms with E-state index in [9.17, 15) is 27.3 Å². The second kappa shape index (κ2) is 4.87. The molecular weight excluding hydrogens is 301 g/mol. The number of alkyl halides is 3. The summed E-state index contributed by atoms with van der Waals surface area (Å²) in [7, 11) is 0. The van der Waals surface area contributed by atoms with Crippen LogP contribution in [-0.4, -0.2) is 20.1 Å². The molecule has 0 fully saturated rings. The Bertz CT molecular complexity index is 727. The average molecular weight is 308 g/mol. The molecular formula is C10H7F3N2O4S. The molecule has 6 nitrogen and oxygen atoms in total. The van der Waals surface area contributed by atoms with Gasteiger partial charge in [0, 0.05) is 0 Å². The van der Waals surface area contributed by atoms with Gasteiger partial charge in [-0.15, -0.1) is 22.5 Å². The quantitative estimate of drug-likeness (QED) is 0.769. The molecule has 0 aliphatic carbocycles. The molecule has 1 heterocycles. The van der Waals surface area contributed by atoms with Crippen molar-refractivity contribution in [2.24, 2.45) is 0 Å². The fourth-order valence-corrected chi connectivity index (χ4v) is 1.99. The lowest BCUT2D eigenvalue weighted by atomic mass is 10.3. The summed E-state index contributed by atoms with van der Waals surface area (Å²) in [6.45, 7) is 0. The molecule has 2 rings (SSSR count). The lowest BCUT2D eigenvalue weighted by Crippen LogP contribution is -2.37. The Kier molecular flexibility index (Phi) is 3.52. The normalized spacial score (nSPS) is 13.4. The molecule has 1 atom stereocenters. The topological polar surface area (TPSA) is 80.2 Å². The highest BCUT2D eigenvalue weighted by molar-refractivity contribution is 7.90. The van der Waals surface area contributed by atoms with Crippen molar-refractivity contribution in [3.05, 3.63) is 45.3 Å². The summed E-state index contributed by atoms with van der Waals surface area (Å²) in [5.41, 5.74) is -1.74. The van der Waals surface area contributed by atoms with Crippen LogP contribution in [-0.2, 0) is 17.5 Å². The van der Waals surface area contributed by atoms with Crippen LogP contribution in [0.15, 0.2) is 43.3 Å². The number of hydrogen-bond donors (Lipinski definition) is 0. The molecule has 0 radical (unpaired) electrons. The fourth-order valence-electron chi connectivity index (χ4n) is 1.48. The van der Waals surface area contributed by atoms with E-state index in [4.69, 9.17) is 0 Å². The van der Waals surface area contributed by atoms with Crippen LogP contribution in [0.5, 0.6) is 0 Å². The number of hydrogen-bond acceptors (Lipinski definition) is 4.